The number of halogens is 2. The zero-order valence-electron chi connectivity index (χ0n) is 21.7. The topological polar surface area (TPSA) is 149 Å². The second-order valence-electron chi connectivity index (χ2n) is 8.79. The minimum atomic E-state index is -4.44. The number of nitrogens with zero attached hydrogens (tertiary/aromatic N) is 2. The molecule has 0 saturated heterocycles. The van der Waals surface area contributed by atoms with Crippen LogP contribution in [-0.2, 0) is 30.8 Å². The first-order valence-electron chi connectivity index (χ1n) is 12.0. The van der Waals surface area contributed by atoms with E-state index in [1.807, 2.05) is 24.3 Å². The van der Waals surface area contributed by atoms with Gasteiger partial charge in [-0.25, -0.2) is 8.42 Å². The molecule has 0 bridgehead atoms. The van der Waals surface area contributed by atoms with Crippen LogP contribution in [0.1, 0.15) is 16.7 Å². The number of carbonyl (C=O) groups is 3. The standard InChI is InChI=1S/C25H30Cl2N6O5S/c1-15-18(26)8-9-19(22(15)27)39(37,38)25(32-12-20(34)28-2)24(36)31-13-21(35)33(3)14-16-4-6-17(7-5-16)23-29-10-11-30-23/h4-9,25,32H,10-14H2,1-3H3,(H,28,34)(H,29,30)(H,31,36). The molecule has 0 fully saturated rings. The van der Waals surface area contributed by atoms with E-state index in [1.165, 1.54) is 24.1 Å². The number of amides is 3. The fraction of sp³-hybridized carbons (Fsp3) is 0.360. The molecule has 4 N–H and O–H groups in total. The van der Waals surface area contributed by atoms with Crippen molar-refractivity contribution in [1.82, 2.24) is 26.2 Å². The van der Waals surface area contributed by atoms with Gasteiger partial charge >= 0.3 is 0 Å². The van der Waals surface area contributed by atoms with Crippen LogP contribution in [0, 0.1) is 6.92 Å². The Morgan fingerprint density at radius 3 is 2.41 bits per heavy atom. The normalized spacial score (nSPS) is 13.7. The van der Waals surface area contributed by atoms with Gasteiger partial charge in [0, 0.05) is 37.8 Å². The van der Waals surface area contributed by atoms with Crippen LogP contribution in [0.4, 0.5) is 0 Å². The van der Waals surface area contributed by atoms with Gasteiger partial charge in [-0.1, -0.05) is 47.5 Å². The summed E-state index contributed by atoms with van der Waals surface area (Å²) in [6, 6.07) is 10.1. The Morgan fingerprint density at radius 2 is 1.79 bits per heavy atom. The molecule has 1 aliphatic heterocycles. The van der Waals surface area contributed by atoms with Gasteiger partial charge in [0.1, 0.15) is 5.84 Å². The molecule has 0 aliphatic carbocycles. The van der Waals surface area contributed by atoms with E-state index in [-0.39, 0.29) is 21.5 Å². The Balaban J connectivity index is 1.69. The molecule has 11 nitrogen and oxygen atoms in total. The number of hydrogen-bond acceptors (Lipinski definition) is 8. The number of nitrogens with one attached hydrogen (secondary N) is 4. The first-order valence-corrected chi connectivity index (χ1v) is 14.3. The lowest BCUT2D eigenvalue weighted by atomic mass is 10.1. The summed E-state index contributed by atoms with van der Waals surface area (Å²) in [6.45, 7) is 2.41. The van der Waals surface area contributed by atoms with Crippen LogP contribution in [0.5, 0.6) is 0 Å². The zero-order valence-corrected chi connectivity index (χ0v) is 24.0. The highest BCUT2D eigenvalue weighted by atomic mass is 35.5. The number of amidine groups is 1. The largest absolute Gasteiger partial charge is 0.368 e. The quantitative estimate of drug-likeness (QED) is 0.300. The van der Waals surface area contributed by atoms with Gasteiger partial charge in [0.25, 0.3) is 5.91 Å². The summed E-state index contributed by atoms with van der Waals surface area (Å²) in [6.07, 6.45) is 0. The van der Waals surface area contributed by atoms with Crippen molar-refractivity contribution >= 4 is 56.6 Å². The third-order valence-electron chi connectivity index (χ3n) is 6.03. The van der Waals surface area contributed by atoms with Crippen molar-refractivity contribution < 1.29 is 22.8 Å². The second kappa shape index (κ2) is 13.2. The molecule has 14 heteroatoms. The van der Waals surface area contributed by atoms with Crippen molar-refractivity contribution in [3.63, 3.8) is 0 Å². The van der Waals surface area contributed by atoms with Crippen molar-refractivity contribution in [2.45, 2.75) is 23.7 Å². The molecular formula is C25H30Cl2N6O5S. The average Bonchev–Trinajstić information content (AvgIpc) is 3.45. The van der Waals surface area contributed by atoms with E-state index >= 15 is 0 Å². The zero-order chi connectivity index (χ0) is 28.7. The minimum Gasteiger partial charge on any atom is -0.368 e. The molecule has 210 valence electrons. The second-order valence-corrected chi connectivity index (χ2v) is 11.6. The highest BCUT2D eigenvalue weighted by Gasteiger charge is 2.36. The predicted molar refractivity (Wildman–Crippen MR) is 150 cm³/mol. The number of sulfone groups is 1. The van der Waals surface area contributed by atoms with Crippen LogP contribution >= 0.6 is 23.2 Å². The summed E-state index contributed by atoms with van der Waals surface area (Å²) in [4.78, 5) is 43.0. The highest BCUT2D eigenvalue weighted by molar-refractivity contribution is 7.92. The van der Waals surface area contributed by atoms with Crippen molar-refractivity contribution in [1.29, 1.82) is 0 Å². The molecule has 1 heterocycles. The van der Waals surface area contributed by atoms with Crippen molar-refractivity contribution in [3.8, 4) is 0 Å². The van der Waals surface area contributed by atoms with Gasteiger partial charge in [0.2, 0.25) is 21.7 Å². The van der Waals surface area contributed by atoms with Gasteiger partial charge < -0.3 is 20.9 Å². The van der Waals surface area contributed by atoms with Crippen molar-refractivity contribution in [2.75, 3.05) is 40.3 Å². The number of carbonyl (C=O) groups excluding carboxylic acids is 3. The van der Waals surface area contributed by atoms with E-state index in [0.717, 1.165) is 30.1 Å². The summed E-state index contributed by atoms with van der Waals surface area (Å²) in [5.74, 6) is -1.17. The molecule has 0 spiro atoms. The van der Waals surface area contributed by atoms with Crippen molar-refractivity contribution in [2.24, 2.45) is 4.99 Å². The van der Waals surface area contributed by atoms with Crippen LogP contribution in [0.25, 0.3) is 0 Å². The summed E-state index contributed by atoms with van der Waals surface area (Å²) in [5.41, 5.74) is 2.13. The molecule has 1 unspecified atom stereocenters. The molecule has 2 aromatic carbocycles. The first-order chi connectivity index (χ1) is 18.4. The monoisotopic (exact) mass is 596 g/mol. The van der Waals surface area contributed by atoms with Gasteiger partial charge in [0.05, 0.1) is 29.6 Å². The van der Waals surface area contributed by atoms with E-state index in [2.05, 4.69) is 26.3 Å². The lowest BCUT2D eigenvalue weighted by Crippen LogP contribution is -2.53. The third-order valence-corrected chi connectivity index (χ3v) is 8.99. The third kappa shape index (κ3) is 7.47. The lowest BCUT2D eigenvalue weighted by molar-refractivity contribution is -0.132. The maximum atomic E-state index is 13.4. The first kappa shape index (κ1) is 30.4. The Hall–Kier alpha value is -3.19. The average molecular weight is 598 g/mol. The molecule has 2 aromatic rings. The smallest absolute Gasteiger partial charge is 0.253 e. The molecule has 0 saturated carbocycles. The van der Waals surface area contributed by atoms with Gasteiger partial charge in [0.15, 0.2) is 5.37 Å². The van der Waals surface area contributed by atoms with Gasteiger partial charge in [-0.05, 0) is 30.2 Å². The molecule has 1 aliphatic rings. The van der Waals surface area contributed by atoms with E-state index < -0.39 is 46.0 Å². The van der Waals surface area contributed by atoms with E-state index in [1.54, 1.807) is 14.0 Å². The van der Waals surface area contributed by atoms with E-state index in [9.17, 15) is 22.8 Å². The number of benzene rings is 2. The minimum absolute atomic E-state index is 0.139. The van der Waals surface area contributed by atoms with Crippen LogP contribution in [0.2, 0.25) is 10.0 Å². The van der Waals surface area contributed by atoms with Crippen LogP contribution in [-0.4, -0.2) is 82.5 Å². The Morgan fingerprint density at radius 1 is 1.10 bits per heavy atom. The molecule has 3 amide bonds. The van der Waals surface area contributed by atoms with Crippen LogP contribution < -0.4 is 21.3 Å². The van der Waals surface area contributed by atoms with Crippen LogP contribution in [0.15, 0.2) is 46.3 Å². The van der Waals surface area contributed by atoms with Gasteiger partial charge in [-0.2, -0.15) is 0 Å². The van der Waals surface area contributed by atoms with Crippen molar-refractivity contribution in [3.05, 3.63) is 63.1 Å². The highest BCUT2D eigenvalue weighted by Crippen LogP contribution is 2.32. The Labute approximate surface area is 237 Å². The Bertz CT molecular complexity index is 1380. The summed E-state index contributed by atoms with van der Waals surface area (Å²) >= 11 is 12.3. The molecule has 0 radical (unpaired) electrons. The molecule has 3 rings (SSSR count). The fourth-order valence-corrected chi connectivity index (χ4v) is 5.99. The number of aliphatic imine (C=N–C) groups is 1. The molecular weight excluding hydrogens is 567 g/mol. The predicted octanol–water partition coefficient (Wildman–Crippen LogP) is 0.862. The fourth-order valence-electron chi connectivity index (χ4n) is 3.71. The summed E-state index contributed by atoms with van der Waals surface area (Å²) < 4.78 is 26.8. The molecule has 1 atom stereocenters. The molecule has 0 aromatic heterocycles. The van der Waals surface area contributed by atoms with Gasteiger partial charge in [-0.3, -0.25) is 24.7 Å². The number of likely N-dealkylation sites (N-methyl/N-ethyl adjacent to an activating group) is 2. The van der Waals surface area contributed by atoms with Gasteiger partial charge in [-0.15, -0.1) is 0 Å². The number of hydrogen-bond donors (Lipinski definition) is 4. The Kier molecular flexibility index (Phi) is 10.3. The summed E-state index contributed by atoms with van der Waals surface area (Å²) in [7, 11) is -1.50. The SMILES string of the molecule is CNC(=O)CNC(C(=O)NCC(=O)N(C)Cc1ccc(C2=NCCN2)cc1)S(=O)(=O)c1ccc(Cl)c(C)c1Cl. The summed E-state index contributed by atoms with van der Waals surface area (Å²) in [5, 5.41) is 8.57. The molecule has 39 heavy (non-hydrogen) atoms. The van der Waals surface area contributed by atoms with E-state index in [4.69, 9.17) is 23.2 Å². The lowest BCUT2D eigenvalue weighted by Gasteiger charge is -2.21. The van der Waals surface area contributed by atoms with E-state index in [0.29, 0.717) is 5.56 Å². The van der Waals surface area contributed by atoms with Crippen LogP contribution in [0.3, 0.4) is 0 Å². The maximum absolute atomic E-state index is 13.4. The maximum Gasteiger partial charge on any atom is 0.253 e. The number of rotatable bonds is 11.